The molecule has 0 unspecified atom stereocenters. The minimum atomic E-state index is 0.0308. The van der Waals surface area contributed by atoms with Gasteiger partial charge in [0.15, 0.2) is 5.78 Å². The van der Waals surface area contributed by atoms with Gasteiger partial charge in [-0.15, -0.1) is 0 Å². The summed E-state index contributed by atoms with van der Waals surface area (Å²) in [5.41, 5.74) is 0.650. The second-order valence-corrected chi connectivity index (χ2v) is 5.57. The Hall–Kier alpha value is -0.390. The van der Waals surface area contributed by atoms with Crippen LogP contribution in [-0.4, -0.2) is 15.6 Å². The molecule has 82 valence electrons. The highest BCUT2D eigenvalue weighted by Gasteiger charge is 2.24. The molecular weight excluding hydrogens is 303 g/mol. The molecule has 0 N–H and O–H groups in total. The number of aromatic nitrogens is 2. The van der Waals surface area contributed by atoms with Crippen LogP contribution >= 0.6 is 22.6 Å². The Morgan fingerprint density at radius 2 is 2.27 bits per heavy atom. The van der Waals surface area contributed by atoms with E-state index in [-0.39, 0.29) is 11.7 Å². The highest BCUT2D eigenvalue weighted by atomic mass is 127. The third-order valence-corrected chi connectivity index (χ3v) is 3.68. The monoisotopic (exact) mass is 318 g/mol. The largest absolute Gasteiger partial charge is 0.292 e. The Morgan fingerprint density at radius 3 is 2.73 bits per heavy atom. The summed E-state index contributed by atoms with van der Waals surface area (Å²) >= 11 is 2.20. The number of hydrogen-bond donors (Lipinski definition) is 0. The number of halogens is 1. The number of Topliss-reactive ketones (excluding diaryl/α,β-unsaturated/α-hetero) is 1. The van der Waals surface area contributed by atoms with Gasteiger partial charge in [-0.1, -0.05) is 13.8 Å². The molecule has 1 saturated carbocycles. The predicted molar refractivity (Wildman–Crippen MR) is 67.0 cm³/mol. The number of ketones is 1. The number of nitrogens with zero attached hydrogens (tertiary/aromatic N) is 2. The average Bonchev–Trinajstić information content (AvgIpc) is 2.42. The van der Waals surface area contributed by atoms with Crippen molar-refractivity contribution in [2.45, 2.75) is 39.2 Å². The van der Waals surface area contributed by atoms with E-state index in [9.17, 15) is 4.79 Å². The molecule has 0 aliphatic heterocycles. The molecule has 0 saturated heterocycles. The van der Waals surface area contributed by atoms with Crippen molar-refractivity contribution in [1.82, 2.24) is 9.78 Å². The lowest BCUT2D eigenvalue weighted by Crippen LogP contribution is -2.18. The lowest BCUT2D eigenvalue weighted by Gasteiger charge is -2.25. The van der Waals surface area contributed by atoms with Crippen LogP contribution in [-0.2, 0) is 0 Å². The lowest BCUT2D eigenvalue weighted by atomic mass is 9.93. The van der Waals surface area contributed by atoms with Gasteiger partial charge in [-0.3, -0.25) is 9.48 Å². The number of carbonyl (C=O) groups is 1. The van der Waals surface area contributed by atoms with Crippen LogP contribution in [0.2, 0.25) is 0 Å². The zero-order chi connectivity index (χ0) is 11.0. The van der Waals surface area contributed by atoms with Crippen LogP contribution in [0.4, 0.5) is 0 Å². The topological polar surface area (TPSA) is 34.9 Å². The van der Waals surface area contributed by atoms with Crippen LogP contribution in [0.3, 0.4) is 0 Å². The molecular formula is C11H15IN2O. The first kappa shape index (κ1) is 11.1. The first-order valence-corrected chi connectivity index (χ1v) is 6.46. The second-order valence-electron chi connectivity index (χ2n) is 4.41. The van der Waals surface area contributed by atoms with E-state index in [1.54, 1.807) is 0 Å². The minimum Gasteiger partial charge on any atom is -0.292 e. The van der Waals surface area contributed by atoms with Gasteiger partial charge in [-0.05, 0) is 41.9 Å². The van der Waals surface area contributed by atoms with Crippen LogP contribution in [0.1, 0.15) is 49.6 Å². The van der Waals surface area contributed by atoms with Gasteiger partial charge in [0.1, 0.15) is 5.69 Å². The summed E-state index contributed by atoms with van der Waals surface area (Å²) < 4.78 is 2.96. The van der Waals surface area contributed by atoms with Crippen molar-refractivity contribution in [2.75, 3.05) is 0 Å². The molecule has 0 aromatic carbocycles. The van der Waals surface area contributed by atoms with Crippen molar-refractivity contribution in [2.24, 2.45) is 5.92 Å². The van der Waals surface area contributed by atoms with E-state index < -0.39 is 0 Å². The summed E-state index contributed by atoms with van der Waals surface area (Å²) in [5, 5.41) is 4.41. The molecule has 1 aliphatic carbocycles. The third kappa shape index (κ3) is 2.09. The third-order valence-electron chi connectivity index (χ3n) is 2.89. The van der Waals surface area contributed by atoms with Gasteiger partial charge >= 0.3 is 0 Å². The molecule has 1 aliphatic rings. The summed E-state index contributed by atoms with van der Waals surface area (Å²) in [7, 11) is 0. The molecule has 1 fully saturated rings. The summed E-state index contributed by atoms with van der Waals surface area (Å²) in [6.45, 7) is 3.83. The Labute approximate surface area is 103 Å². The quantitative estimate of drug-likeness (QED) is 0.634. The van der Waals surface area contributed by atoms with Crippen LogP contribution in [0.5, 0.6) is 0 Å². The van der Waals surface area contributed by atoms with Crippen LogP contribution in [0.15, 0.2) is 6.20 Å². The predicted octanol–water partition coefficient (Wildman–Crippen LogP) is 3.05. The van der Waals surface area contributed by atoms with Gasteiger partial charge < -0.3 is 0 Å². The Kier molecular flexibility index (Phi) is 3.13. The minimum absolute atomic E-state index is 0.0308. The molecule has 4 heteroatoms. The maximum Gasteiger partial charge on any atom is 0.186 e. The van der Waals surface area contributed by atoms with E-state index >= 15 is 0 Å². The highest BCUT2D eigenvalue weighted by Crippen LogP contribution is 2.31. The highest BCUT2D eigenvalue weighted by molar-refractivity contribution is 14.1. The Balaban J connectivity index is 2.24. The molecule has 1 aromatic heterocycles. The summed E-state index contributed by atoms with van der Waals surface area (Å²) in [6.07, 6.45) is 5.69. The molecule has 0 bridgehead atoms. The van der Waals surface area contributed by atoms with Crippen molar-refractivity contribution in [1.29, 1.82) is 0 Å². The Bertz CT molecular complexity index is 380. The van der Waals surface area contributed by atoms with E-state index in [1.807, 2.05) is 24.7 Å². The molecule has 15 heavy (non-hydrogen) atoms. The van der Waals surface area contributed by atoms with E-state index in [1.165, 1.54) is 19.3 Å². The second kappa shape index (κ2) is 4.23. The van der Waals surface area contributed by atoms with E-state index in [0.717, 1.165) is 3.57 Å². The standard InChI is InChI=1S/C11H15IN2O/c1-7(2)11(15)10-9(12)6-14(13-10)8-4-3-5-8/h6-8H,3-5H2,1-2H3. The van der Waals surface area contributed by atoms with Gasteiger partial charge in [0.05, 0.1) is 9.61 Å². The fourth-order valence-electron chi connectivity index (χ4n) is 1.65. The zero-order valence-electron chi connectivity index (χ0n) is 9.03. The fraction of sp³-hybridized carbons (Fsp3) is 0.636. The zero-order valence-corrected chi connectivity index (χ0v) is 11.2. The molecule has 3 nitrogen and oxygen atoms in total. The first-order valence-electron chi connectivity index (χ1n) is 5.38. The summed E-state index contributed by atoms with van der Waals surface area (Å²) in [6, 6.07) is 0.534. The number of rotatable bonds is 3. The first-order chi connectivity index (χ1) is 7.09. The van der Waals surface area contributed by atoms with E-state index in [2.05, 4.69) is 27.7 Å². The summed E-state index contributed by atoms with van der Waals surface area (Å²) in [5.74, 6) is 0.181. The van der Waals surface area contributed by atoms with Crippen molar-refractivity contribution < 1.29 is 4.79 Å². The SMILES string of the molecule is CC(C)C(=O)c1nn(C2CCC2)cc1I. The fourth-order valence-corrected chi connectivity index (χ4v) is 2.31. The summed E-state index contributed by atoms with van der Waals surface area (Å²) in [4.78, 5) is 11.8. The van der Waals surface area contributed by atoms with E-state index in [4.69, 9.17) is 0 Å². The molecule has 0 spiro atoms. The van der Waals surface area contributed by atoms with Crippen LogP contribution in [0, 0.1) is 9.49 Å². The van der Waals surface area contributed by atoms with Crippen molar-refractivity contribution in [3.8, 4) is 0 Å². The van der Waals surface area contributed by atoms with E-state index in [0.29, 0.717) is 11.7 Å². The van der Waals surface area contributed by atoms with Gasteiger partial charge in [-0.2, -0.15) is 5.10 Å². The van der Waals surface area contributed by atoms with Gasteiger partial charge in [-0.25, -0.2) is 0 Å². The maximum absolute atomic E-state index is 11.8. The molecule has 0 radical (unpaired) electrons. The van der Waals surface area contributed by atoms with Gasteiger partial charge in [0.25, 0.3) is 0 Å². The molecule has 0 atom stereocenters. The average molecular weight is 318 g/mol. The molecule has 0 amide bonds. The smallest absolute Gasteiger partial charge is 0.186 e. The van der Waals surface area contributed by atoms with Gasteiger partial charge in [0.2, 0.25) is 0 Å². The molecule has 1 aromatic rings. The number of carbonyl (C=O) groups excluding carboxylic acids is 1. The number of hydrogen-bond acceptors (Lipinski definition) is 2. The van der Waals surface area contributed by atoms with Crippen molar-refractivity contribution in [3.05, 3.63) is 15.5 Å². The Morgan fingerprint density at radius 1 is 1.60 bits per heavy atom. The van der Waals surface area contributed by atoms with Crippen LogP contribution in [0.25, 0.3) is 0 Å². The lowest BCUT2D eigenvalue weighted by molar-refractivity contribution is 0.0931. The van der Waals surface area contributed by atoms with Crippen molar-refractivity contribution in [3.63, 3.8) is 0 Å². The molecule has 1 heterocycles. The van der Waals surface area contributed by atoms with Crippen LogP contribution < -0.4 is 0 Å². The van der Waals surface area contributed by atoms with Crippen molar-refractivity contribution >= 4 is 28.4 Å². The molecule has 2 rings (SSSR count). The maximum atomic E-state index is 11.8. The van der Waals surface area contributed by atoms with Gasteiger partial charge in [0, 0.05) is 12.1 Å². The normalized spacial score (nSPS) is 16.8.